The van der Waals surface area contributed by atoms with Gasteiger partial charge in [0.25, 0.3) is 10.2 Å². The van der Waals surface area contributed by atoms with Crippen LogP contribution >= 0.6 is 0 Å². The maximum Gasteiger partial charge on any atom is 0.281 e. The number of pyridine rings is 1. The van der Waals surface area contributed by atoms with E-state index in [4.69, 9.17) is 0 Å². The van der Waals surface area contributed by atoms with Crippen LogP contribution in [0.3, 0.4) is 0 Å². The molecule has 3 rings (SSSR count). The average Bonchev–Trinajstić information content (AvgIpc) is 2.64. The van der Waals surface area contributed by atoms with Gasteiger partial charge in [0.05, 0.1) is 0 Å². The van der Waals surface area contributed by atoms with Crippen molar-refractivity contribution in [2.24, 2.45) is 0 Å². The Kier molecular flexibility index (Phi) is 5.49. The first-order valence-electron chi connectivity index (χ1n) is 8.56. The van der Waals surface area contributed by atoms with E-state index in [0.717, 1.165) is 24.1 Å². The largest absolute Gasteiger partial charge is 0.309 e. The Bertz CT molecular complexity index is 846. The van der Waals surface area contributed by atoms with Gasteiger partial charge in [0.1, 0.15) is 5.82 Å². The van der Waals surface area contributed by atoms with Crippen LogP contribution in [0.1, 0.15) is 30.0 Å². The van der Waals surface area contributed by atoms with Crippen molar-refractivity contribution in [1.82, 2.24) is 23.6 Å². The van der Waals surface area contributed by atoms with Crippen molar-refractivity contribution in [3.8, 4) is 0 Å². The predicted molar refractivity (Wildman–Crippen MR) is 100 cm³/mol. The van der Waals surface area contributed by atoms with Crippen LogP contribution < -0.4 is 5.32 Å². The normalized spacial score (nSPS) is 16.8. The lowest BCUT2D eigenvalue weighted by molar-refractivity contribution is 0.300. The summed E-state index contributed by atoms with van der Waals surface area (Å²) in [5.41, 5.74) is 2.01. The number of nitrogens with one attached hydrogen (secondary N) is 1. The minimum atomic E-state index is -3.34. The van der Waals surface area contributed by atoms with Crippen molar-refractivity contribution in [3.05, 3.63) is 41.9 Å². The van der Waals surface area contributed by atoms with Gasteiger partial charge in [0.2, 0.25) is 5.95 Å². The quantitative estimate of drug-likeness (QED) is 0.857. The Balaban J connectivity index is 1.67. The molecule has 140 valence electrons. The summed E-state index contributed by atoms with van der Waals surface area (Å²) in [6.45, 7) is 2.98. The standard InChI is InChI=1S/C17H24N6O2S/c1-13-4-5-16(19-12-13)21-17-18-9-6-15(20-17)14-7-10-23(11-8-14)26(24,25)22(2)3/h4-6,9,12,14H,7-8,10-11H2,1-3H3,(H,18,19,20,21). The van der Waals surface area contributed by atoms with Crippen LogP contribution in [0.4, 0.5) is 11.8 Å². The molecule has 0 atom stereocenters. The molecule has 1 saturated heterocycles. The minimum Gasteiger partial charge on any atom is -0.309 e. The highest BCUT2D eigenvalue weighted by Gasteiger charge is 2.30. The van der Waals surface area contributed by atoms with Gasteiger partial charge in [-0.3, -0.25) is 0 Å². The van der Waals surface area contributed by atoms with Crippen LogP contribution in [-0.4, -0.2) is 59.2 Å². The highest BCUT2D eigenvalue weighted by Crippen LogP contribution is 2.28. The summed E-state index contributed by atoms with van der Waals surface area (Å²) in [5.74, 6) is 1.42. The van der Waals surface area contributed by atoms with Crippen molar-refractivity contribution in [3.63, 3.8) is 0 Å². The molecule has 0 aliphatic carbocycles. The molecule has 26 heavy (non-hydrogen) atoms. The zero-order chi connectivity index (χ0) is 18.7. The third-order valence-electron chi connectivity index (χ3n) is 4.49. The number of piperidine rings is 1. The molecule has 0 saturated carbocycles. The van der Waals surface area contributed by atoms with Gasteiger partial charge in [-0.15, -0.1) is 0 Å². The van der Waals surface area contributed by atoms with Crippen molar-refractivity contribution in [1.29, 1.82) is 0 Å². The molecule has 0 amide bonds. The number of hydrogen-bond acceptors (Lipinski definition) is 6. The summed E-state index contributed by atoms with van der Waals surface area (Å²) in [5, 5.41) is 3.11. The Morgan fingerprint density at radius 3 is 2.50 bits per heavy atom. The van der Waals surface area contributed by atoms with Gasteiger partial charge in [0.15, 0.2) is 0 Å². The lowest BCUT2D eigenvalue weighted by atomic mass is 9.94. The van der Waals surface area contributed by atoms with Gasteiger partial charge in [0, 0.05) is 51.2 Å². The van der Waals surface area contributed by atoms with Crippen molar-refractivity contribution < 1.29 is 8.42 Å². The first-order valence-corrected chi connectivity index (χ1v) is 9.96. The lowest BCUT2D eigenvalue weighted by Gasteiger charge is -2.32. The molecule has 8 nitrogen and oxygen atoms in total. The predicted octanol–water partition coefficient (Wildman–Crippen LogP) is 1.91. The summed E-state index contributed by atoms with van der Waals surface area (Å²) >= 11 is 0. The second kappa shape index (κ2) is 7.65. The van der Waals surface area contributed by atoms with E-state index in [9.17, 15) is 8.42 Å². The Morgan fingerprint density at radius 2 is 1.88 bits per heavy atom. The maximum absolute atomic E-state index is 12.2. The van der Waals surface area contributed by atoms with Gasteiger partial charge in [-0.1, -0.05) is 6.07 Å². The second-order valence-electron chi connectivity index (χ2n) is 6.61. The molecule has 9 heteroatoms. The number of aromatic nitrogens is 3. The van der Waals surface area contributed by atoms with Crippen LogP contribution in [0.2, 0.25) is 0 Å². The molecule has 1 aliphatic heterocycles. The van der Waals surface area contributed by atoms with E-state index in [1.54, 1.807) is 26.5 Å². The Labute approximate surface area is 154 Å². The van der Waals surface area contributed by atoms with Gasteiger partial charge < -0.3 is 5.32 Å². The number of rotatable bonds is 5. The first kappa shape index (κ1) is 18.7. The fraction of sp³-hybridized carbons (Fsp3) is 0.471. The first-order chi connectivity index (χ1) is 12.4. The van der Waals surface area contributed by atoms with Crippen LogP contribution in [0.15, 0.2) is 30.6 Å². The highest BCUT2D eigenvalue weighted by molar-refractivity contribution is 7.86. The molecule has 0 radical (unpaired) electrons. The zero-order valence-corrected chi connectivity index (χ0v) is 16.1. The van der Waals surface area contributed by atoms with Crippen LogP contribution in [-0.2, 0) is 10.2 Å². The average molecular weight is 376 g/mol. The summed E-state index contributed by atoms with van der Waals surface area (Å²) < 4.78 is 27.2. The van der Waals surface area contributed by atoms with E-state index in [1.165, 1.54) is 8.61 Å². The van der Waals surface area contributed by atoms with Gasteiger partial charge in [-0.25, -0.2) is 15.0 Å². The summed E-state index contributed by atoms with van der Waals surface area (Å²) in [6, 6.07) is 5.75. The molecular formula is C17H24N6O2S. The monoisotopic (exact) mass is 376 g/mol. The number of aryl methyl sites for hydroxylation is 1. The summed E-state index contributed by atoms with van der Waals surface area (Å²) in [6.07, 6.45) is 4.99. The number of anilines is 2. The summed E-state index contributed by atoms with van der Waals surface area (Å²) in [7, 11) is -0.228. The fourth-order valence-electron chi connectivity index (χ4n) is 2.93. The van der Waals surface area contributed by atoms with E-state index < -0.39 is 10.2 Å². The Hall–Kier alpha value is -2.10. The van der Waals surface area contributed by atoms with E-state index in [0.29, 0.717) is 24.9 Å². The van der Waals surface area contributed by atoms with Crippen molar-refractivity contribution >= 4 is 22.0 Å². The second-order valence-corrected chi connectivity index (χ2v) is 8.76. The summed E-state index contributed by atoms with van der Waals surface area (Å²) in [4.78, 5) is 13.2. The molecule has 2 aromatic rings. The van der Waals surface area contributed by atoms with E-state index in [2.05, 4.69) is 20.3 Å². The molecule has 2 aromatic heterocycles. The third kappa shape index (κ3) is 4.17. The lowest BCUT2D eigenvalue weighted by Crippen LogP contribution is -2.44. The van der Waals surface area contributed by atoms with E-state index >= 15 is 0 Å². The Morgan fingerprint density at radius 1 is 1.15 bits per heavy atom. The van der Waals surface area contributed by atoms with Crippen LogP contribution in [0.25, 0.3) is 0 Å². The van der Waals surface area contributed by atoms with Crippen LogP contribution in [0.5, 0.6) is 0 Å². The topological polar surface area (TPSA) is 91.3 Å². The van der Waals surface area contributed by atoms with Crippen molar-refractivity contribution in [2.45, 2.75) is 25.7 Å². The van der Waals surface area contributed by atoms with Crippen LogP contribution in [0, 0.1) is 6.92 Å². The van der Waals surface area contributed by atoms with E-state index in [1.807, 2.05) is 25.1 Å². The molecule has 0 unspecified atom stereocenters. The van der Waals surface area contributed by atoms with Gasteiger partial charge >= 0.3 is 0 Å². The zero-order valence-electron chi connectivity index (χ0n) is 15.3. The molecule has 3 heterocycles. The third-order valence-corrected chi connectivity index (χ3v) is 6.43. The molecule has 1 aliphatic rings. The fourth-order valence-corrected chi connectivity index (χ4v) is 4.06. The van der Waals surface area contributed by atoms with Gasteiger partial charge in [-0.2, -0.15) is 17.0 Å². The van der Waals surface area contributed by atoms with Crippen molar-refractivity contribution in [2.75, 3.05) is 32.5 Å². The molecule has 0 bridgehead atoms. The smallest absolute Gasteiger partial charge is 0.281 e. The molecular weight excluding hydrogens is 352 g/mol. The van der Waals surface area contributed by atoms with E-state index in [-0.39, 0.29) is 5.92 Å². The molecule has 0 aromatic carbocycles. The highest BCUT2D eigenvalue weighted by atomic mass is 32.2. The molecule has 0 spiro atoms. The minimum absolute atomic E-state index is 0.220. The number of hydrogen-bond donors (Lipinski definition) is 1. The van der Waals surface area contributed by atoms with Gasteiger partial charge in [-0.05, 0) is 37.5 Å². The maximum atomic E-state index is 12.2. The number of nitrogens with zero attached hydrogens (tertiary/aromatic N) is 5. The molecule has 1 fully saturated rings. The molecule has 1 N–H and O–H groups in total. The SMILES string of the molecule is Cc1ccc(Nc2nccc(C3CCN(S(=O)(=O)N(C)C)CC3)n2)nc1.